The lowest BCUT2D eigenvalue weighted by Crippen LogP contribution is -2.11. The summed E-state index contributed by atoms with van der Waals surface area (Å²) in [6.07, 6.45) is 2.84. The van der Waals surface area contributed by atoms with Crippen LogP contribution >= 0.6 is 0 Å². The summed E-state index contributed by atoms with van der Waals surface area (Å²) in [6.45, 7) is 2.32. The highest BCUT2D eigenvalue weighted by Crippen LogP contribution is 2.43. The first-order chi connectivity index (χ1) is 15.2. The van der Waals surface area contributed by atoms with E-state index < -0.39 is 0 Å². The van der Waals surface area contributed by atoms with Gasteiger partial charge >= 0.3 is 0 Å². The van der Waals surface area contributed by atoms with Crippen molar-refractivity contribution in [3.63, 3.8) is 0 Å². The average molecular weight is 414 g/mol. The summed E-state index contributed by atoms with van der Waals surface area (Å²) < 4.78 is 18.5. The topological polar surface area (TPSA) is 107 Å². The third-order valence-electron chi connectivity index (χ3n) is 4.92. The van der Waals surface area contributed by atoms with Crippen molar-refractivity contribution in [3.8, 4) is 29.0 Å². The lowest BCUT2D eigenvalue weighted by molar-refractivity contribution is 0.0664. The normalized spacial score (nSPS) is 14.4. The summed E-state index contributed by atoms with van der Waals surface area (Å²) >= 11 is 0. The Kier molecular flexibility index (Phi) is 4.52. The molecule has 2 aromatic heterocycles. The second-order valence-corrected chi connectivity index (χ2v) is 6.96. The maximum atomic E-state index is 9.16. The molecule has 1 atom stereocenters. The van der Waals surface area contributed by atoms with Gasteiger partial charge in [0.2, 0.25) is 12.0 Å². The molecule has 5 rings (SSSR count). The minimum atomic E-state index is -0.348. The molecule has 2 aromatic carbocycles. The first-order valence-electron chi connectivity index (χ1n) is 9.63. The third-order valence-corrected chi connectivity index (χ3v) is 4.92. The third kappa shape index (κ3) is 3.34. The van der Waals surface area contributed by atoms with Crippen LogP contribution in [0.5, 0.6) is 17.2 Å². The molecular formula is C22H18N6O3. The molecule has 0 amide bonds. The molecular weight excluding hydrogens is 396 g/mol. The lowest BCUT2D eigenvalue weighted by atomic mass is 10.2. The summed E-state index contributed by atoms with van der Waals surface area (Å²) in [4.78, 5) is 8.76. The summed E-state index contributed by atoms with van der Waals surface area (Å²) in [5.74, 6) is 2.54. The summed E-state index contributed by atoms with van der Waals surface area (Å²) in [5, 5.41) is 17.7. The minimum Gasteiger partial charge on any atom is -0.493 e. The van der Waals surface area contributed by atoms with Crippen LogP contribution in [0.1, 0.15) is 18.1 Å². The van der Waals surface area contributed by atoms with Gasteiger partial charge < -0.3 is 19.5 Å². The van der Waals surface area contributed by atoms with Gasteiger partial charge in [0, 0.05) is 13.5 Å². The zero-order chi connectivity index (χ0) is 21.4. The monoisotopic (exact) mass is 414 g/mol. The highest BCUT2D eigenvalue weighted by atomic mass is 16.7. The van der Waals surface area contributed by atoms with Gasteiger partial charge in [0.05, 0.1) is 36.0 Å². The maximum absolute atomic E-state index is 9.16. The second-order valence-electron chi connectivity index (χ2n) is 6.96. The predicted molar refractivity (Wildman–Crippen MR) is 112 cm³/mol. The van der Waals surface area contributed by atoms with Gasteiger partial charge in [0.1, 0.15) is 12.1 Å². The number of nitriles is 1. The van der Waals surface area contributed by atoms with E-state index in [1.807, 2.05) is 31.2 Å². The molecule has 0 bridgehead atoms. The van der Waals surface area contributed by atoms with Gasteiger partial charge in [-0.15, -0.1) is 0 Å². The number of methoxy groups -OCH3 is 1. The minimum absolute atomic E-state index is 0.348. The van der Waals surface area contributed by atoms with Crippen LogP contribution in [0.4, 0.5) is 5.82 Å². The SMILES string of the molecule is COc1cc(CNc2ncnc3c2cnn3-c2cccc(C#N)c2)cc2c1OC(C)O2. The average Bonchev–Trinajstić information content (AvgIpc) is 3.40. The zero-order valence-electron chi connectivity index (χ0n) is 16.9. The van der Waals surface area contributed by atoms with Crippen molar-refractivity contribution in [1.82, 2.24) is 19.7 Å². The molecule has 154 valence electrons. The molecule has 0 saturated carbocycles. The molecule has 0 saturated heterocycles. The largest absolute Gasteiger partial charge is 0.493 e. The lowest BCUT2D eigenvalue weighted by Gasteiger charge is -2.10. The van der Waals surface area contributed by atoms with Crippen molar-refractivity contribution < 1.29 is 14.2 Å². The van der Waals surface area contributed by atoms with E-state index in [0.29, 0.717) is 40.8 Å². The van der Waals surface area contributed by atoms with Crippen molar-refractivity contribution in [3.05, 3.63) is 60.0 Å². The predicted octanol–water partition coefficient (Wildman–Crippen LogP) is 3.43. The fourth-order valence-electron chi connectivity index (χ4n) is 3.52. The van der Waals surface area contributed by atoms with E-state index in [0.717, 1.165) is 16.6 Å². The van der Waals surface area contributed by atoms with E-state index >= 15 is 0 Å². The molecule has 3 heterocycles. The first-order valence-corrected chi connectivity index (χ1v) is 9.63. The number of benzene rings is 2. The molecule has 0 aliphatic carbocycles. The number of hydrogen-bond donors (Lipinski definition) is 1. The van der Waals surface area contributed by atoms with Crippen molar-refractivity contribution in [1.29, 1.82) is 5.26 Å². The Hall–Kier alpha value is -4.32. The molecule has 0 spiro atoms. The Morgan fingerprint density at radius 2 is 2.13 bits per heavy atom. The van der Waals surface area contributed by atoms with E-state index in [1.165, 1.54) is 6.33 Å². The number of hydrogen-bond acceptors (Lipinski definition) is 8. The Balaban J connectivity index is 1.44. The quantitative estimate of drug-likeness (QED) is 0.529. The number of fused-ring (bicyclic) bond motifs is 2. The Morgan fingerprint density at radius 1 is 1.23 bits per heavy atom. The fraction of sp³-hybridized carbons (Fsp3) is 0.182. The van der Waals surface area contributed by atoms with Gasteiger partial charge in [-0.25, -0.2) is 14.6 Å². The summed E-state index contributed by atoms with van der Waals surface area (Å²) in [7, 11) is 1.60. The molecule has 0 radical (unpaired) electrons. The fourth-order valence-corrected chi connectivity index (χ4v) is 3.52. The molecule has 1 unspecified atom stereocenters. The molecule has 1 N–H and O–H groups in total. The second kappa shape index (κ2) is 7.50. The van der Waals surface area contributed by atoms with Gasteiger partial charge in [-0.1, -0.05) is 6.07 Å². The molecule has 9 nitrogen and oxygen atoms in total. The van der Waals surface area contributed by atoms with E-state index in [1.54, 1.807) is 30.1 Å². The maximum Gasteiger partial charge on any atom is 0.239 e. The van der Waals surface area contributed by atoms with Crippen LogP contribution in [0.25, 0.3) is 16.7 Å². The van der Waals surface area contributed by atoms with Gasteiger partial charge in [0.25, 0.3) is 0 Å². The Labute approximate surface area is 177 Å². The van der Waals surface area contributed by atoms with E-state index in [2.05, 4.69) is 26.5 Å². The first kappa shape index (κ1) is 18.7. The van der Waals surface area contributed by atoms with Gasteiger partial charge in [-0.3, -0.25) is 0 Å². The standard InChI is InChI=1S/C22H18N6O3/c1-13-30-19-8-15(7-18(29-2)20(19)31-13)10-24-21-17-11-27-28(22(17)26-12-25-21)16-5-3-4-14(6-16)9-23/h3-8,11-13H,10H2,1-2H3,(H,24,25,26). The highest BCUT2D eigenvalue weighted by Gasteiger charge is 2.25. The van der Waals surface area contributed by atoms with Crippen LogP contribution in [-0.4, -0.2) is 33.1 Å². The van der Waals surface area contributed by atoms with Crippen molar-refractivity contribution in [2.24, 2.45) is 0 Å². The van der Waals surface area contributed by atoms with Crippen LogP contribution in [0, 0.1) is 11.3 Å². The molecule has 1 aliphatic rings. The van der Waals surface area contributed by atoms with Gasteiger partial charge in [-0.05, 0) is 35.9 Å². The summed E-state index contributed by atoms with van der Waals surface area (Å²) in [6, 6.07) is 13.2. The van der Waals surface area contributed by atoms with Gasteiger partial charge in [-0.2, -0.15) is 10.4 Å². The van der Waals surface area contributed by atoms with E-state index in [-0.39, 0.29) is 6.29 Å². The number of aromatic nitrogens is 4. The molecule has 31 heavy (non-hydrogen) atoms. The number of anilines is 1. The molecule has 9 heteroatoms. The number of ether oxygens (including phenoxy) is 3. The molecule has 4 aromatic rings. The van der Waals surface area contributed by atoms with Crippen molar-refractivity contribution in [2.75, 3.05) is 12.4 Å². The zero-order valence-corrected chi connectivity index (χ0v) is 16.9. The smallest absolute Gasteiger partial charge is 0.239 e. The number of nitrogens with zero attached hydrogens (tertiary/aromatic N) is 5. The molecule has 1 aliphatic heterocycles. The van der Waals surface area contributed by atoms with Crippen LogP contribution in [-0.2, 0) is 6.54 Å². The van der Waals surface area contributed by atoms with Crippen LogP contribution in [0.2, 0.25) is 0 Å². The van der Waals surface area contributed by atoms with Crippen molar-refractivity contribution >= 4 is 16.9 Å². The summed E-state index contributed by atoms with van der Waals surface area (Å²) in [5.41, 5.74) is 2.91. The van der Waals surface area contributed by atoms with Gasteiger partial charge in [0.15, 0.2) is 17.1 Å². The van der Waals surface area contributed by atoms with Crippen molar-refractivity contribution in [2.45, 2.75) is 19.8 Å². The number of nitrogens with one attached hydrogen (secondary N) is 1. The number of rotatable bonds is 5. The van der Waals surface area contributed by atoms with E-state index in [4.69, 9.17) is 19.5 Å². The van der Waals surface area contributed by atoms with Crippen LogP contribution in [0.15, 0.2) is 48.9 Å². The Morgan fingerprint density at radius 3 is 2.97 bits per heavy atom. The highest BCUT2D eigenvalue weighted by molar-refractivity contribution is 5.87. The Bertz CT molecular complexity index is 1330. The van der Waals surface area contributed by atoms with Crippen LogP contribution < -0.4 is 19.5 Å². The van der Waals surface area contributed by atoms with Crippen LogP contribution in [0.3, 0.4) is 0 Å². The van der Waals surface area contributed by atoms with E-state index in [9.17, 15) is 0 Å². The molecule has 0 fully saturated rings.